The van der Waals surface area contributed by atoms with E-state index in [4.69, 9.17) is 11.6 Å². The molecule has 0 aliphatic rings. The molecule has 0 fully saturated rings. The van der Waals surface area contributed by atoms with Gasteiger partial charge >= 0.3 is 0 Å². The second kappa shape index (κ2) is 5.50. The van der Waals surface area contributed by atoms with E-state index in [0.29, 0.717) is 10.6 Å². The van der Waals surface area contributed by atoms with Crippen molar-refractivity contribution in [3.63, 3.8) is 0 Å². The average molecular weight is 268 g/mol. The van der Waals surface area contributed by atoms with Gasteiger partial charge in [0.25, 0.3) is 0 Å². The molecule has 1 aromatic heterocycles. The van der Waals surface area contributed by atoms with Crippen LogP contribution in [0.5, 0.6) is 0 Å². The number of nitrogens with zero attached hydrogens (tertiary/aromatic N) is 2. The van der Waals surface area contributed by atoms with Crippen LogP contribution in [0.2, 0.25) is 5.02 Å². The summed E-state index contributed by atoms with van der Waals surface area (Å²) in [5, 5.41) is 7.71. The van der Waals surface area contributed by atoms with E-state index in [1.54, 1.807) is 25.4 Å². The summed E-state index contributed by atoms with van der Waals surface area (Å²) in [6.07, 6.45) is 1.71. The summed E-state index contributed by atoms with van der Waals surface area (Å²) >= 11 is 6.11. The minimum atomic E-state index is -0.314. The van der Waals surface area contributed by atoms with Gasteiger partial charge in [0.1, 0.15) is 5.82 Å². The highest BCUT2D eigenvalue weighted by molar-refractivity contribution is 6.31. The predicted octanol–water partition coefficient (Wildman–Crippen LogP) is 3.00. The molecule has 1 heterocycles. The van der Waals surface area contributed by atoms with Crippen molar-refractivity contribution in [1.82, 2.24) is 15.1 Å². The first-order valence-electron chi connectivity index (χ1n) is 5.82. The molecule has 2 rings (SSSR count). The normalized spacial score (nSPS) is 12.7. The molecule has 0 saturated heterocycles. The SMILES string of the molecule is CCn1nccc1C(NC)c1c(F)cccc1Cl. The fourth-order valence-electron chi connectivity index (χ4n) is 2.08. The Bertz CT molecular complexity index is 519. The lowest BCUT2D eigenvalue weighted by molar-refractivity contribution is 0.533. The van der Waals surface area contributed by atoms with Gasteiger partial charge in [0.05, 0.1) is 11.7 Å². The van der Waals surface area contributed by atoms with Gasteiger partial charge in [-0.1, -0.05) is 17.7 Å². The van der Waals surface area contributed by atoms with Crippen molar-refractivity contribution in [2.75, 3.05) is 7.05 Å². The van der Waals surface area contributed by atoms with Crippen LogP contribution < -0.4 is 5.32 Å². The van der Waals surface area contributed by atoms with Crippen molar-refractivity contribution in [2.45, 2.75) is 19.5 Å². The maximum atomic E-state index is 14.0. The molecule has 1 N–H and O–H groups in total. The van der Waals surface area contributed by atoms with Crippen LogP contribution in [-0.4, -0.2) is 16.8 Å². The van der Waals surface area contributed by atoms with Crippen LogP contribution in [0.25, 0.3) is 0 Å². The minimum absolute atomic E-state index is 0.304. The van der Waals surface area contributed by atoms with Crippen molar-refractivity contribution >= 4 is 11.6 Å². The molecule has 0 aliphatic heterocycles. The van der Waals surface area contributed by atoms with Crippen LogP contribution >= 0.6 is 11.6 Å². The molecule has 0 aliphatic carbocycles. The van der Waals surface area contributed by atoms with E-state index in [9.17, 15) is 4.39 Å². The second-order valence-electron chi connectivity index (χ2n) is 3.93. The zero-order chi connectivity index (χ0) is 13.1. The van der Waals surface area contributed by atoms with Gasteiger partial charge in [-0.15, -0.1) is 0 Å². The third-order valence-electron chi connectivity index (χ3n) is 2.92. The van der Waals surface area contributed by atoms with E-state index < -0.39 is 0 Å². The number of rotatable bonds is 4. The van der Waals surface area contributed by atoms with Gasteiger partial charge in [-0.3, -0.25) is 4.68 Å². The Morgan fingerprint density at radius 1 is 1.44 bits per heavy atom. The first kappa shape index (κ1) is 13.1. The van der Waals surface area contributed by atoms with E-state index in [2.05, 4.69) is 10.4 Å². The zero-order valence-electron chi connectivity index (χ0n) is 10.3. The third-order valence-corrected chi connectivity index (χ3v) is 3.25. The Labute approximate surface area is 111 Å². The number of hydrogen-bond acceptors (Lipinski definition) is 2. The standard InChI is InChI=1S/C13H15ClFN3/c1-3-18-11(7-8-17-18)13(16-2)12-9(14)5-4-6-10(12)15/h4-8,13,16H,3H2,1-2H3. The van der Waals surface area contributed by atoms with Gasteiger partial charge in [0.15, 0.2) is 0 Å². The molecule has 1 aromatic carbocycles. The number of halogens is 2. The zero-order valence-corrected chi connectivity index (χ0v) is 11.1. The van der Waals surface area contributed by atoms with Crippen LogP contribution in [0.15, 0.2) is 30.5 Å². The fraction of sp³-hybridized carbons (Fsp3) is 0.308. The smallest absolute Gasteiger partial charge is 0.129 e. The van der Waals surface area contributed by atoms with Gasteiger partial charge in [-0.25, -0.2) is 4.39 Å². The topological polar surface area (TPSA) is 29.9 Å². The molecule has 96 valence electrons. The molecular formula is C13H15ClFN3. The monoisotopic (exact) mass is 267 g/mol. The van der Waals surface area contributed by atoms with E-state index in [1.807, 2.05) is 17.7 Å². The first-order chi connectivity index (χ1) is 8.69. The van der Waals surface area contributed by atoms with E-state index in [1.165, 1.54) is 6.07 Å². The van der Waals surface area contributed by atoms with Gasteiger partial charge in [-0.2, -0.15) is 5.10 Å². The Balaban J connectivity index is 2.52. The lowest BCUT2D eigenvalue weighted by atomic mass is 10.0. The number of hydrogen-bond donors (Lipinski definition) is 1. The summed E-state index contributed by atoms with van der Waals surface area (Å²) in [4.78, 5) is 0. The lowest BCUT2D eigenvalue weighted by Crippen LogP contribution is -2.22. The number of nitrogens with one attached hydrogen (secondary N) is 1. The van der Waals surface area contributed by atoms with Gasteiger partial charge in [0.2, 0.25) is 0 Å². The summed E-state index contributed by atoms with van der Waals surface area (Å²) in [5.74, 6) is -0.314. The van der Waals surface area contributed by atoms with Crippen LogP contribution in [0.4, 0.5) is 4.39 Å². The maximum absolute atomic E-state index is 14.0. The van der Waals surface area contributed by atoms with E-state index >= 15 is 0 Å². The predicted molar refractivity (Wildman–Crippen MR) is 70.2 cm³/mol. The Kier molecular flexibility index (Phi) is 3.99. The molecule has 0 saturated carbocycles. The summed E-state index contributed by atoms with van der Waals surface area (Å²) in [6.45, 7) is 2.72. The van der Waals surface area contributed by atoms with Crippen LogP contribution in [-0.2, 0) is 6.54 Å². The molecule has 0 bridgehead atoms. The molecule has 0 radical (unpaired) electrons. The Hall–Kier alpha value is -1.39. The van der Waals surface area contributed by atoms with E-state index in [-0.39, 0.29) is 11.9 Å². The van der Waals surface area contributed by atoms with Crippen LogP contribution in [0.3, 0.4) is 0 Å². The number of aryl methyl sites for hydroxylation is 1. The summed E-state index contributed by atoms with van der Waals surface area (Å²) < 4.78 is 15.8. The summed E-state index contributed by atoms with van der Waals surface area (Å²) in [5.41, 5.74) is 1.35. The summed E-state index contributed by atoms with van der Waals surface area (Å²) in [6, 6.07) is 6.27. The molecule has 0 spiro atoms. The molecular weight excluding hydrogens is 253 g/mol. The Morgan fingerprint density at radius 3 is 2.83 bits per heavy atom. The summed E-state index contributed by atoms with van der Waals surface area (Å²) in [7, 11) is 1.78. The maximum Gasteiger partial charge on any atom is 0.129 e. The number of aromatic nitrogens is 2. The quantitative estimate of drug-likeness (QED) is 0.923. The molecule has 0 amide bonds. The largest absolute Gasteiger partial charge is 0.308 e. The van der Waals surface area contributed by atoms with Crippen LogP contribution in [0.1, 0.15) is 24.2 Å². The van der Waals surface area contributed by atoms with Crippen molar-refractivity contribution in [3.05, 3.63) is 52.6 Å². The second-order valence-corrected chi connectivity index (χ2v) is 4.34. The molecule has 3 nitrogen and oxygen atoms in total. The minimum Gasteiger partial charge on any atom is -0.308 e. The fourth-order valence-corrected chi connectivity index (χ4v) is 2.35. The van der Waals surface area contributed by atoms with Crippen LogP contribution in [0, 0.1) is 5.82 Å². The molecule has 5 heteroatoms. The van der Waals surface area contributed by atoms with Gasteiger partial charge in [-0.05, 0) is 32.2 Å². The van der Waals surface area contributed by atoms with Gasteiger partial charge < -0.3 is 5.32 Å². The van der Waals surface area contributed by atoms with Crippen molar-refractivity contribution in [1.29, 1.82) is 0 Å². The van der Waals surface area contributed by atoms with E-state index in [0.717, 1.165) is 12.2 Å². The molecule has 1 atom stereocenters. The molecule has 18 heavy (non-hydrogen) atoms. The highest BCUT2D eigenvalue weighted by Gasteiger charge is 2.22. The van der Waals surface area contributed by atoms with Crippen molar-refractivity contribution in [2.24, 2.45) is 0 Å². The van der Waals surface area contributed by atoms with Gasteiger partial charge in [0, 0.05) is 23.3 Å². The lowest BCUT2D eigenvalue weighted by Gasteiger charge is -2.19. The highest BCUT2D eigenvalue weighted by atomic mass is 35.5. The highest BCUT2D eigenvalue weighted by Crippen LogP contribution is 2.30. The number of benzene rings is 1. The first-order valence-corrected chi connectivity index (χ1v) is 6.19. The van der Waals surface area contributed by atoms with Crippen molar-refractivity contribution < 1.29 is 4.39 Å². The van der Waals surface area contributed by atoms with Crippen molar-refractivity contribution in [3.8, 4) is 0 Å². The Morgan fingerprint density at radius 2 is 2.22 bits per heavy atom. The third kappa shape index (κ3) is 2.26. The molecule has 2 aromatic rings. The molecule has 1 unspecified atom stereocenters. The average Bonchev–Trinajstić information content (AvgIpc) is 2.82.